The van der Waals surface area contributed by atoms with Gasteiger partial charge in [-0.15, -0.1) is 11.3 Å². The van der Waals surface area contributed by atoms with E-state index >= 15 is 0 Å². The van der Waals surface area contributed by atoms with Gasteiger partial charge >= 0.3 is 0 Å². The van der Waals surface area contributed by atoms with Gasteiger partial charge in [-0.2, -0.15) is 4.39 Å². The molecule has 0 amide bonds. The molecule has 0 unspecified atom stereocenters. The van der Waals surface area contributed by atoms with Crippen molar-refractivity contribution in [1.29, 1.82) is 0 Å². The summed E-state index contributed by atoms with van der Waals surface area (Å²) in [5, 5.41) is -0.218. The Labute approximate surface area is 76.6 Å². The lowest BCUT2D eigenvalue weighted by atomic mass is 10.2. The van der Waals surface area contributed by atoms with Gasteiger partial charge in [0.15, 0.2) is 5.13 Å². The Morgan fingerprint density at radius 1 is 1.23 bits per heavy atom. The number of halogens is 2. The Morgan fingerprint density at radius 2 is 2.00 bits per heavy atom. The van der Waals surface area contributed by atoms with Gasteiger partial charge in [0.05, 0.1) is 0 Å². The van der Waals surface area contributed by atoms with E-state index in [1.54, 1.807) is 0 Å². The van der Waals surface area contributed by atoms with E-state index in [1.807, 2.05) is 0 Å². The Hall–Kier alpha value is -1.29. The second-order valence-corrected chi connectivity index (χ2v) is 3.62. The molecule has 66 valence electrons. The van der Waals surface area contributed by atoms with E-state index in [0.717, 1.165) is 23.5 Å². The summed E-state index contributed by atoms with van der Waals surface area (Å²) in [6.45, 7) is 0. The van der Waals surface area contributed by atoms with Crippen LogP contribution in [0.25, 0.3) is 10.1 Å². The van der Waals surface area contributed by atoms with E-state index in [4.69, 9.17) is 0 Å². The first-order chi connectivity index (χ1) is 6.20. The Morgan fingerprint density at radius 3 is 2.69 bits per heavy atom. The summed E-state index contributed by atoms with van der Waals surface area (Å²) in [5.74, 6) is -0.556. The number of rotatable bonds is 1. The highest BCUT2D eigenvalue weighted by Crippen LogP contribution is 2.27. The van der Waals surface area contributed by atoms with Crippen molar-refractivity contribution in [1.82, 2.24) is 0 Å². The summed E-state index contributed by atoms with van der Waals surface area (Å²) in [6.07, 6.45) is 0.542. The third-order valence-corrected chi connectivity index (χ3v) is 2.59. The van der Waals surface area contributed by atoms with Crippen LogP contribution in [0.15, 0.2) is 18.2 Å². The SMILES string of the molecule is O=Cc1cc(F)c2cc(F)sc2c1. The lowest BCUT2D eigenvalue weighted by Crippen LogP contribution is -1.81. The van der Waals surface area contributed by atoms with Gasteiger partial charge < -0.3 is 0 Å². The van der Waals surface area contributed by atoms with Crippen LogP contribution in [0.5, 0.6) is 0 Å². The molecule has 0 aliphatic rings. The zero-order valence-corrected chi connectivity index (χ0v) is 7.20. The van der Waals surface area contributed by atoms with Gasteiger partial charge in [0.2, 0.25) is 0 Å². The van der Waals surface area contributed by atoms with Crippen LogP contribution in [0.2, 0.25) is 0 Å². The van der Waals surface area contributed by atoms with Gasteiger partial charge in [0.25, 0.3) is 0 Å². The zero-order chi connectivity index (χ0) is 9.42. The van der Waals surface area contributed by atoms with Gasteiger partial charge in [-0.05, 0) is 18.2 Å². The first kappa shape index (κ1) is 8.31. The number of thiophene rings is 1. The number of aldehydes is 1. The van der Waals surface area contributed by atoms with E-state index in [9.17, 15) is 13.6 Å². The molecule has 0 saturated heterocycles. The molecule has 0 fully saturated rings. The van der Waals surface area contributed by atoms with Crippen LogP contribution in [0.4, 0.5) is 8.78 Å². The first-order valence-corrected chi connectivity index (χ1v) is 4.36. The van der Waals surface area contributed by atoms with Crippen molar-refractivity contribution in [2.75, 3.05) is 0 Å². The maximum atomic E-state index is 13.1. The van der Waals surface area contributed by atoms with Crippen molar-refractivity contribution in [3.05, 3.63) is 34.7 Å². The molecular weight excluding hydrogens is 194 g/mol. The molecule has 2 aromatic rings. The number of carbonyl (C=O) groups is 1. The molecule has 0 aliphatic heterocycles. The molecule has 1 aromatic carbocycles. The quantitative estimate of drug-likeness (QED) is 0.644. The maximum Gasteiger partial charge on any atom is 0.177 e. The van der Waals surface area contributed by atoms with Gasteiger partial charge in [-0.25, -0.2) is 4.39 Å². The highest BCUT2D eigenvalue weighted by atomic mass is 32.1. The number of carbonyl (C=O) groups excluding carboxylic acids is 1. The van der Waals surface area contributed by atoms with E-state index < -0.39 is 10.9 Å². The third-order valence-electron chi connectivity index (χ3n) is 1.72. The molecule has 13 heavy (non-hydrogen) atoms. The van der Waals surface area contributed by atoms with Gasteiger partial charge in [-0.1, -0.05) is 0 Å². The van der Waals surface area contributed by atoms with Gasteiger partial charge in [0.1, 0.15) is 12.1 Å². The van der Waals surface area contributed by atoms with Crippen LogP contribution >= 0.6 is 11.3 Å². The maximum absolute atomic E-state index is 13.1. The summed E-state index contributed by atoms with van der Waals surface area (Å²) >= 11 is 0.830. The van der Waals surface area contributed by atoms with E-state index in [2.05, 4.69) is 0 Å². The molecule has 1 aromatic heterocycles. The van der Waals surface area contributed by atoms with Crippen LogP contribution in [0.1, 0.15) is 10.4 Å². The molecule has 0 radical (unpaired) electrons. The second kappa shape index (κ2) is 2.88. The van der Waals surface area contributed by atoms with Crippen LogP contribution in [0.3, 0.4) is 0 Å². The smallest absolute Gasteiger partial charge is 0.177 e. The molecule has 0 saturated carbocycles. The largest absolute Gasteiger partial charge is 0.298 e. The fraction of sp³-hybridized carbons (Fsp3) is 0. The molecular formula is C9H4F2OS. The van der Waals surface area contributed by atoms with Gasteiger partial charge in [0, 0.05) is 15.6 Å². The highest BCUT2D eigenvalue weighted by molar-refractivity contribution is 7.17. The minimum Gasteiger partial charge on any atom is -0.298 e. The number of hydrogen-bond acceptors (Lipinski definition) is 2. The predicted molar refractivity (Wildman–Crippen MR) is 47.1 cm³/mol. The standard InChI is InChI=1S/C9H4F2OS/c10-7-1-5(4-12)2-8-6(7)3-9(11)13-8/h1-4H. The summed E-state index contributed by atoms with van der Waals surface area (Å²) in [7, 11) is 0. The average Bonchev–Trinajstić information content (AvgIpc) is 2.46. The topological polar surface area (TPSA) is 17.1 Å². The Bertz CT molecular complexity index is 476. The van der Waals surface area contributed by atoms with E-state index in [0.29, 0.717) is 11.0 Å². The van der Waals surface area contributed by atoms with Crippen molar-refractivity contribution in [2.45, 2.75) is 0 Å². The van der Waals surface area contributed by atoms with Crippen LogP contribution in [-0.2, 0) is 0 Å². The van der Waals surface area contributed by atoms with Crippen molar-refractivity contribution in [3.63, 3.8) is 0 Å². The van der Waals surface area contributed by atoms with Crippen molar-refractivity contribution < 1.29 is 13.6 Å². The Kier molecular flexibility index (Phi) is 1.84. The lowest BCUT2D eigenvalue weighted by molar-refractivity contribution is 0.112. The fourth-order valence-electron chi connectivity index (χ4n) is 1.15. The minimum atomic E-state index is -0.556. The molecule has 4 heteroatoms. The molecule has 0 N–H and O–H groups in total. The number of hydrogen-bond donors (Lipinski definition) is 0. The van der Waals surface area contributed by atoms with Crippen LogP contribution in [-0.4, -0.2) is 6.29 Å². The number of benzene rings is 1. The molecule has 1 nitrogen and oxygen atoms in total. The summed E-state index contributed by atoms with van der Waals surface area (Å²) in [5.41, 5.74) is 0.229. The van der Waals surface area contributed by atoms with Crippen LogP contribution < -0.4 is 0 Å². The molecule has 0 atom stereocenters. The van der Waals surface area contributed by atoms with Gasteiger partial charge in [-0.3, -0.25) is 4.79 Å². The van der Waals surface area contributed by atoms with E-state index in [-0.39, 0.29) is 10.9 Å². The minimum absolute atomic E-state index is 0.229. The molecule has 2 rings (SSSR count). The average molecular weight is 198 g/mol. The predicted octanol–water partition coefficient (Wildman–Crippen LogP) is 2.99. The molecule has 0 bridgehead atoms. The highest BCUT2D eigenvalue weighted by Gasteiger charge is 2.07. The summed E-state index contributed by atoms with van der Waals surface area (Å²) in [4.78, 5) is 10.4. The molecule has 0 spiro atoms. The zero-order valence-electron chi connectivity index (χ0n) is 6.38. The second-order valence-electron chi connectivity index (χ2n) is 2.58. The molecule has 1 heterocycles. The molecule has 0 aliphatic carbocycles. The Balaban J connectivity index is 2.82. The van der Waals surface area contributed by atoms with Crippen molar-refractivity contribution >= 4 is 27.7 Å². The van der Waals surface area contributed by atoms with E-state index in [1.165, 1.54) is 6.07 Å². The lowest BCUT2D eigenvalue weighted by Gasteiger charge is -1.93. The monoisotopic (exact) mass is 198 g/mol. The summed E-state index contributed by atoms with van der Waals surface area (Å²) in [6, 6.07) is 3.70. The number of fused-ring (bicyclic) bond motifs is 1. The third kappa shape index (κ3) is 1.33. The first-order valence-electron chi connectivity index (χ1n) is 3.54. The fourth-order valence-corrected chi connectivity index (χ4v) is 2.00. The summed E-state index contributed by atoms with van der Waals surface area (Å²) < 4.78 is 26.3. The van der Waals surface area contributed by atoms with Crippen LogP contribution in [0, 0.1) is 10.9 Å². The van der Waals surface area contributed by atoms with Crippen molar-refractivity contribution in [3.8, 4) is 0 Å². The van der Waals surface area contributed by atoms with Crippen molar-refractivity contribution in [2.24, 2.45) is 0 Å². The normalized spacial score (nSPS) is 10.6.